The van der Waals surface area contributed by atoms with Crippen molar-refractivity contribution in [2.45, 2.75) is 38.9 Å². The zero-order valence-corrected chi connectivity index (χ0v) is 12.8. The number of fused-ring (bicyclic) bond motifs is 1. The van der Waals surface area contributed by atoms with Gasteiger partial charge in [0.2, 0.25) is 0 Å². The van der Waals surface area contributed by atoms with E-state index >= 15 is 0 Å². The van der Waals surface area contributed by atoms with E-state index in [4.69, 9.17) is 4.74 Å². The van der Waals surface area contributed by atoms with Crippen molar-refractivity contribution in [3.8, 4) is 0 Å². The molecule has 3 rings (SSSR count). The van der Waals surface area contributed by atoms with Crippen LogP contribution in [0.5, 0.6) is 0 Å². The van der Waals surface area contributed by atoms with Gasteiger partial charge in [0.05, 0.1) is 12.3 Å². The summed E-state index contributed by atoms with van der Waals surface area (Å²) < 4.78 is 5.60. The Morgan fingerprint density at radius 2 is 2.19 bits per heavy atom. The lowest BCUT2D eigenvalue weighted by Gasteiger charge is -2.12. The molecule has 0 saturated carbocycles. The summed E-state index contributed by atoms with van der Waals surface area (Å²) in [6.07, 6.45) is 2.80. The molecule has 2 aromatic rings. The normalized spacial score (nSPS) is 14.7. The number of carbonyl (C=O) groups is 1. The van der Waals surface area contributed by atoms with Crippen molar-refractivity contribution in [1.29, 1.82) is 0 Å². The van der Waals surface area contributed by atoms with E-state index in [9.17, 15) is 4.79 Å². The van der Waals surface area contributed by atoms with Crippen LogP contribution in [0.25, 0.3) is 0 Å². The molecule has 4 nitrogen and oxygen atoms in total. The van der Waals surface area contributed by atoms with E-state index in [-0.39, 0.29) is 5.91 Å². The molecule has 1 aliphatic carbocycles. The molecule has 0 radical (unpaired) electrons. The smallest absolute Gasteiger partial charge is 0.255 e. The Hall–Kier alpha value is -1.72. The number of hydrogen-bond donors (Lipinski definition) is 1. The first kappa shape index (κ1) is 14.2. The van der Waals surface area contributed by atoms with Gasteiger partial charge in [-0.05, 0) is 31.7 Å². The summed E-state index contributed by atoms with van der Waals surface area (Å²) in [5, 5.41) is 3.55. The van der Waals surface area contributed by atoms with Crippen LogP contribution in [0.2, 0.25) is 0 Å². The Bertz CT molecular complexity index is 603. The van der Waals surface area contributed by atoms with Crippen molar-refractivity contribution in [1.82, 2.24) is 4.98 Å². The van der Waals surface area contributed by atoms with Crippen LogP contribution < -0.4 is 5.32 Å². The Morgan fingerprint density at radius 1 is 1.38 bits per heavy atom. The van der Waals surface area contributed by atoms with E-state index in [2.05, 4.69) is 10.3 Å². The minimum Gasteiger partial charge on any atom is -0.364 e. The van der Waals surface area contributed by atoms with E-state index in [1.165, 1.54) is 11.3 Å². The molecule has 0 saturated heterocycles. The van der Waals surface area contributed by atoms with Crippen LogP contribution in [0.3, 0.4) is 0 Å². The Kier molecular flexibility index (Phi) is 4.31. The molecule has 5 heteroatoms. The van der Waals surface area contributed by atoms with Gasteiger partial charge < -0.3 is 4.74 Å². The van der Waals surface area contributed by atoms with Crippen LogP contribution in [0.1, 0.15) is 29.5 Å². The van der Waals surface area contributed by atoms with Gasteiger partial charge in [-0.15, -0.1) is 11.3 Å². The van der Waals surface area contributed by atoms with Crippen molar-refractivity contribution >= 4 is 22.4 Å². The van der Waals surface area contributed by atoms with Crippen LogP contribution >= 0.6 is 11.3 Å². The van der Waals surface area contributed by atoms with E-state index in [1.807, 2.05) is 30.3 Å². The first-order valence-corrected chi connectivity index (χ1v) is 7.99. The van der Waals surface area contributed by atoms with E-state index in [0.29, 0.717) is 11.7 Å². The number of carbonyl (C=O) groups excluding carboxylic acids is 1. The number of aryl methyl sites for hydroxylation is 2. The minimum atomic E-state index is -0.496. The first-order valence-electron chi connectivity index (χ1n) is 7.17. The number of aromatic nitrogens is 1. The number of benzene rings is 1. The summed E-state index contributed by atoms with van der Waals surface area (Å²) in [4.78, 5) is 17.9. The quantitative estimate of drug-likeness (QED) is 0.923. The lowest BCUT2D eigenvalue weighted by atomic mass is 10.2. The lowest BCUT2D eigenvalue weighted by molar-refractivity contribution is -0.127. The second-order valence-corrected chi connectivity index (χ2v) is 6.25. The third-order valence-electron chi connectivity index (χ3n) is 3.54. The monoisotopic (exact) mass is 302 g/mol. The molecule has 1 amide bonds. The van der Waals surface area contributed by atoms with Crippen molar-refractivity contribution in [3.05, 3.63) is 46.5 Å². The maximum Gasteiger partial charge on any atom is 0.255 e. The fraction of sp³-hybridized carbons (Fsp3) is 0.375. The van der Waals surface area contributed by atoms with Gasteiger partial charge in [-0.1, -0.05) is 30.3 Å². The van der Waals surface area contributed by atoms with Crippen molar-refractivity contribution in [2.75, 3.05) is 5.32 Å². The van der Waals surface area contributed by atoms with Crippen LogP contribution in [0.15, 0.2) is 30.3 Å². The maximum atomic E-state index is 12.1. The summed E-state index contributed by atoms with van der Waals surface area (Å²) >= 11 is 1.58. The van der Waals surface area contributed by atoms with Gasteiger partial charge in [-0.2, -0.15) is 0 Å². The highest BCUT2D eigenvalue weighted by molar-refractivity contribution is 7.15. The average Bonchev–Trinajstić information content (AvgIpc) is 3.07. The highest BCUT2D eigenvalue weighted by Crippen LogP contribution is 2.30. The molecule has 1 heterocycles. The number of anilines is 1. The van der Waals surface area contributed by atoms with Crippen molar-refractivity contribution in [2.24, 2.45) is 0 Å². The number of amides is 1. The van der Waals surface area contributed by atoms with Gasteiger partial charge in [0.15, 0.2) is 5.13 Å². The van der Waals surface area contributed by atoms with Gasteiger partial charge in [0.25, 0.3) is 5.91 Å². The molecule has 21 heavy (non-hydrogen) atoms. The van der Waals surface area contributed by atoms with E-state index in [1.54, 1.807) is 18.3 Å². The number of rotatable bonds is 5. The third-order valence-corrected chi connectivity index (χ3v) is 4.61. The Labute approximate surface area is 128 Å². The van der Waals surface area contributed by atoms with Crippen LogP contribution in [0, 0.1) is 0 Å². The summed E-state index contributed by atoms with van der Waals surface area (Å²) in [7, 11) is 0. The fourth-order valence-corrected chi connectivity index (χ4v) is 3.37. The molecule has 1 aromatic heterocycles. The van der Waals surface area contributed by atoms with Crippen LogP contribution in [-0.2, 0) is 29.0 Å². The molecular formula is C16H18N2O2S. The molecule has 0 unspecified atom stereocenters. The zero-order chi connectivity index (χ0) is 14.7. The predicted molar refractivity (Wildman–Crippen MR) is 83.5 cm³/mol. The maximum absolute atomic E-state index is 12.1. The predicted octanol–water partition coefficient (Wildman–Crippen LogP) is 3.18. The second-order valence-electron chi connectivity index (χ2n) is 5.17. The van der Waals surface area contributed by atoms with Gasteiger partial charge in [0, 0.05) is 4.88 Å². The highest BCUT2D eigenvalue weighted by atomic mass is 32.1. The molecule has 110 valence electrons. The average molecular weight is 302 g/mol. The molecule has 0 fully saturated rings. The van der Waals surface area contributed by atoms with Gasteiger partial charge in [-0.25, -0.2) is 4.98 Å². The summed E-state index contributed by atoms with van der Waals surface area (Å²) in [5.41, 5.74) is 2.21. The van der Waals surface area contributed by atoms with E-state index in [0.717, 1.165) is 24.1 Å². The largest absolute Gasteiger partial charge is 0.364 e. The van der Waals surface area contributed by atoms with Gasteiger partial charge >= 0.3 is 0 Å². The first-order chi connectivity index (χ1) is 10.2. The number of ether oxygens (including phenoxy) is 1. The SMILES string of the molecule is C[C@H](OCc1ccccc1)C(=O)Nc1nc2c(s1)CCC2. The van der Waals surface area contributed by atoms with E-state index < -0.39 is 6.10 Å². The van der Waals surface area contributed by atoms with Crippen LogP contribution in [0.4, 0.5) is 5.13 Å². The second kappa shape index (κ2) is 6.37. The highest BCUT2D eigenvalue weighted by Gasteiger charge is 2.20. The number of nitrogens with zero attached hydrogens (tertiary/aromatic N) is 1. The molecule has 1 aliphatic rings. The zero-order valence-electron chi connectivity index (χ0n) is 12.0. The summed E-state index contributed by atoms with van der Waals surface area (Å²) in [6, 6.07) is 9.84. The molecule has 0 spiro atoms. The number of hydrogen-bond acceptors (Lipinski definition) is 4. The fourth-order valence-electron chi connectivity index (χ4n) is 2.32. The third kappa shape index (κ3) is 3.49. The Balaban J connectivity index is 1.52. The molecule has 0 bridgehead atoms. The van der Waals surface area contributed by atoms with Crippen molar-refractivity contribution in [3.63, 3.8) is 0 Å². The van der Waals surface area contributed by atoms with Gasteiger partial charge in [-0.3, -0.25) is 10.1 Å². The number of nitrogens with one attached hydrogen (secondary N) is 1. The molecule has 1 atom stereocenters. The number of thiazole rings is 1. The topological polar surface area (TPSA) is 51.2 Å². The summed E-state index contributed by atoms with van der Waals surface area (Å²) in [5.74, 6) is -0.140. The molecule has 1 N–H and O–H groups in total. The van der Waals surface area contributed by atoms with Crippen LogP contribution in [-0.4, -0.2) is 17.0 Å². The summed E-state index contributed by atoms with van der Waals surface area (Å²) in [6.45, 7) is 2.20. The lowest BCUT2D eigenvalue weighted by Crippen LogP contribution is -2.27. The molecule has 1 aromatic carbocycles. The standard InChI is InChI=1S/C16H18N2O2S/c1-11(20-10-12-6-3-2-4-7-12)15(19)18-16-17-13-8-5-9-14(13)21-16/h2-4,6-7,11H,5,8-10H2,1H3,(H,17,18,19)/t11-/m0/s1. The minimum absolute atomic E-state index is 0.140. The Morgan fingerprint density at radius 3 is 2.95 bits per heavy atom. The molecular weight excluding hydrogens is 284 g/mol. The van der Waals surface area contributed by atoms with Gasteiger partial charge in [0.1, 0.15) is 6.10 Å². The molecule has 0 aliphatic heterocycles. The van der Waals surface area contributed by atoms with Crippen molar-refractivity contribution < 1.29 is 9.53 Å².